The molecule has 2 heterocycles. The molecule has 6 atom stereocenters. The van der Waals surface area contributed by atoms with Crippen LogP contribution in [0.2, 0.25) is 0 Å². The zero-order valence-corrected chi connectivity index (χ0v) is 34.1. The number of carbonyl (C=O) groups is 5. The Hall–Kier alpha value is -5.82. The van der Waals surface area contributed by atoms with E-state index < -0.39 is 66.5 Å². The number of nitrogens with zero attached hydrogens (tertiary/aromatic N) is 2. The molecular formula is C46H56N6O7. The van der Waals surface area contributed by atoms with Crippen molar-refractivity contribution in [2.24, 2.45) is 17.6 Å². The van der Waals surface area contributed by atoms with Gasteiger partial charge in [0.05, 0.1) is 24.0 Å². The minimum absolute atomic E-state index is 0.0438. The fourth-order valence-corrected chi connectivity index (χ4v) is 8.25. The topological polar surface area (TPSA) is 182 Å². The van der Waals surface area contributed by atoms with Crippen LogP contribution in [0.4, 0.5) is 0 Å². The fourth-order valence-electron chi connectivity index (χ4n) is 8.25. The van der Waals surface area contributed by atoms with Gasteiger partial charge in [-0.3, -0.25) is 24.1 Å². The molecule has 4 amide bonds. The minimum Gasteiger partial charge on any atom is -0.482 e. The standard InChI is InChI=1S/C46H56N6O7/c1-46(2,3)51-45(57)39-26-32-17-10-11-18-33(32)28-52(39)25-24-36(42(31-15-6-4-7-16-31)59-41(54)29-58-34-19-8-5-9-20-34)49-44(56)38(27-40(47)53)50-43(55)37-23-22-30-14-12-13-21-35(30)48-37/h4-9,12-16,19-23,32-33,36,38-39,42H,10-11,17-18,24-29H2,1-3H3,(H2,47,53)(H,49,56)(H,50,55)(H,51,57)/t32-,33+,36-,38+,39-,42?/m0/s1. The lowest BCUT2D eigenvalue weighted by Crippen LogP contribution is -2.58. The van der Waals surface area contributed by atoms with E-state index in [1.165, 1.54) is 0 Å². The Bertz CT molecular complexity index is 2070. The lowest BCUT2D eigenvalue weighted by Gasteiger charge is -2.46. The number of amides is 4. The lowest BCUT2D eigenvalue weighted by molar-refractivity contribution is -0.154. The fraction of sp³-hybridized carbons (Fsp3) is 0.435. The molecule has 0 radical (unpaired) electrons. The Morgan fingerprint density at radius 3 is 2.24 bits per heavy atom. The molecular weight excluding hydrogens is 749 g/mol. The molecule has 1 aromatic heterocycles. The van der Waals surface area contributed by atoms with E-state index in [1.54, 1.807) is 60.7 Å². The van der Waals surface area contributed by atoms with Gasteiger partial charge in [-0.1, -0.05) is 92.1 Å². The van der Waals surface area contributed by atoms with Crippen LogP contribution in [-0.2, 0) is 23.9 Å². The predicted octanol–water partition coefficient (Wildman–Crippen LogP) is 5.24. The van der Waals surface area contributed by atoms with Crippen molar-refractivity contribution in [2.45, 2.75) is 95.5 Å². The van der Waals surface area contributed by atoms with E-state index in [0.717, 1.165) is 37.5 Å². The van der Waals surface area contributed by atoms with Gasteiger partial charge in [0.2, 0.25) is 17.7 Å². The van der Waals surface area contributed by atoms with Gasteiger partial charge < -0.3 is 31.2 Å². The van der Waals surface area contributed by atoms with Gasteiger partial charge in [0.15, 0.2) is 6.61 Å². The molecule has 1 aliphatic heterocycles. The number of hydrogen-bond donors (Lipinski definition) is 4. The molecule has 6 rings (SSSR count). The summed E-state index contributed by atoms with van der Waals surface area (Å²) in [5, 5.41) is 9.73. The molecule has 2 aliphatic rings. The summed E-state index contributed by atoms with van der Waals surface area (Å²) in [4.78, 5) is 74.4. The van der Waals surface area contributed by atoms with Gasteiger partial charge in [0.1, 0.15) is 23.6 Å². The number of primary amides is 1. The van der Waals surface area contributed by atoms with Crippen molar-refractivity contribution in [3.63, 3.8) is 0 Å². The zero-order valence-electron chi connectivity index (χ0n) is 34.1. The number of aromatic nitrogens is 1. The van der Waals surface area contributed by atoms with Crippen molar-refractivity contribution in [3.05, 3.63) is 108 Å². The van der Waals surface area contributed by atoms with Gasteiger partial charge in [-0.15, -0.1) is 0 Å². The lowest BCUT2D eigenvalue weighted by atomic mass is 9.72. The molecule has 13 nitrogen and oxygen atoms in total. The normalized spacial score (nSPS) is 19.6. The number of ether oxygens (including phenoxy) is 2. The third-order valence-electron chi connectivity index (χ3n) is 11.1. The Kier molecular flexibility index (Phi) is 14.3. The molecule has 59 heavy (non-hydrogen) atoms. The van der Waals surface area contributed by atoms with Crippen molar-refractivity contribution in [3.8, 4) is 5.75 Å². The average Bonchev–Trinajstić information content (AvgIpc) is 3.22. The summed E-state index contributed by atoms with van der Waals surface area (Å²) in [6, 6.07) is 25.9. The smallest absolute Gasteiger partial charge is 0.344 e. The molecule has 4 aromatic rings. The van der Waals surface area contributed by atoms with Gasteiger partial charge in [0, 0.05) is 24.0 Å². The third-order valence-corrected chi connectivity index (χ3v) is 11.1. The molecule has 3 aromatic carbocycles. The quantitative estimate of drug-likeness (QED) is 0.110. The first kappa shape index (κ1) is 42.8. The van der Waals surface area contributed by atoms with Crippen LogP contribution in [0.15, 0.2) is 97.1 Å². The van der Waals surface area contributed by atoms with Crippen LogP contribution < -0.4 is 26.4 Å². The molecule has 1 unspecified atom stereocenters. The number of nitrogens with one attached hydrogen (secondary N) is 3. The number of esters is 1. The number of likely N-dealkylation sites (tertiary alicyclic amines) is 1. The number of benzene rings is 3. The van der Waals surface area contributed by atoms with E-state index in [9.17, 15) is 24.0 Å². The number of para-hydroxylation sites is 2. The maximum Gasteiger partial charge on any atom is 0.344 e. The second-order valence-electron chi connectivity index (χ2n) is 16.7. The van der Waals surface area contributed by atoms with E-state index in [4.69, 9.17) is 15.2 Å². The molecule has 2 fully saturated rings. The summed E-state index contributed by atoms with van der Waals surface area (Å²) in [5.74, 6) is -1.51. The van der Waals surface area contributed by atoms with Crippen LogP contribution in [0.3, 0.4) is 0 Å². The number of fused-ring (bicyclic) bond motifs is 2. The van der Waals surface area contributed by atoms with Gasteiger partial charge >= 0.3 is 5.97 Å². The van der Waals surface area contributed by atoms with Crippen molar-refractivity contribution in [1.82, 2.24) is 25.8 Å². The van der Waals surface area contributed by atoms with Crippen LogP contribution in [0.1, 0.15) is 87.9 Å². The summed E-state index contributed by atoms with van der Waals surface area (Å²) < 4.78 is 11.9. The molecule has 312 valence electrons. The van der Waals surface area contributed by atoms with Crippen LogP contribution in [0.5, 0.6) is 5.75 Å². The first-order chi connectivity index (χ1) is 28.3. The van der Waals surface area contributed by atoms with Crippen molar-refractivity contribution in [2.75, 3.05) is 19.7 Å². The van der Waals surface area contributed by atoms with E-state index in [1.807, 2.05) is 57.2 Å². The number of pyridine rings is 1. The monoisotopic (exact) mass is 804 g/mol. The first-order valence-corrected chi connectivity index (χ1v) is 20.6. The maximum atomic E-state index is 14.4. The Labute approximate surface area is 345 Å². The molecule has 5 N–H and O–H groups in total. The summed E-state index contributed by atoms with van der Waals surface area (Å²) in [7, 11) is 0. The minimum atomic E-state index is -1.38. The van der Waals surface area contributed by atoms with E-state index in [0.29, 0.717) is 41.8 Å². The number of hydrogen-bond acceptors (Lipinski definition) is 9. The van der Waals surface area contributed by atoms with Crippen molar-refractivity contribution in [1.29, 1.82) is 0 Å². The summed E-state index contributed by atoms with van der Waals surface area (Å²) in [5.41, 5.74) is 6.45. The van der Waals surface area contributed by atoms with Gasteiger partial charge in [-0.2, -0.15) is 0 Å². The van der Waals surface area contributed by atoms with Crippen LogP contribution in [0.25, 0.3) is 10.9 Å². The highest BCUT2D eigenvalue weighted by atomic mass is 16.6. The van der Waals surface area contributed by atoms with Crippen LogP contribution >= 0.6 is 0 Å². The number of piperidine rings is 1. The number of nitrogens with two attached hydrogens (primary N) is 1. The predicted molar refractivity (Wildman–Crippen MR) is 224 cm³/mol. The largest absolute Gasteiger partial charge is 0.482 e. The Morgan fingerprint density at radius 1 is 0.847 bits per heavy atom. The van der Waals surface area contributed by atoms with E-state index in [-0.39, 0.29) is 18.0 Å². The van der Waals surface area contributed by atoms with E-state index >= 15 is 0 Å². The van der Waals surface area contributed by atoms with Crippen molar-refractivity contribution < 1.29 is 33.4 Å². The summed E-state index contributed by atoms with van der Waals surface area (Å²) in [6.07, 6.45) is 3.93. The van der Waals surface area contributed by atoms with E-state index in [2.05, 4.69) is 25.8 Å². The summed E-state index contributed by atoms with van der Waals surface area (Å²) in [6.45, 7) is 6.59. The average molecular weight is 805 g/mol. The Balaban J connectivity index is 1.29. The van der Waals surface area contributed by atoms with Gasteiger partial charge in [-0.05, 0) is 81.7 Å². The molecule has 1 saturated carbocycles. The maximum absolute atomic E-state index is 14.4. The highest BCUT2D eigenvalue weighted by molar-refractivity contribution is 5.99. The molecule has 0 spiro atoms. The summed E-state index contributed by atoms with van der Waals surface area (Å²) >= 11 is 0. The SMILES string of the molecule is CC(C)(C)NC(=O)[C@@H]1C[C@@H]2CCCC[C@@H]2CN1CC[C@H](NC(=O)[C@@H](CC(N)=O)NC(=O)c1ccc2ccccc2n1)C(OC(=O)COc1ccccc1)c1ccccc1. The molecule has 13 heteroatoms. The molecule has 0 bridgehead atoms. The molecule has 1 saturated heterocycles. The highest BCUT2D eigenvalue weighted by Crippen LogP contribution is 2.39. The molecule has 1 aliphatic carbocycles. The van der Waals surface area contributed by atoms with Crippen LogP contribution in [-0.4, -0.2) is 82.8 Å². The third kappa shape index (κ3) is 12.1. The van der Waals surface area contributed by atoms with Crippen LogP contribution in [0, 0.1) is 11.8 Å². The first-order valence-electron chi connectivity index (χ1n) is 20.6. The van der Waals surface area contributed by atoms with Gasteiger partial charge in [0.25, 0.3) is 5.91 Å². The van der Waals surface area contributed by atoms with Gasteiger partial charge in [-0.25, -0.2) is 9.78 Å². The number of rotatable bonds is 16. The number of carbonyl (C=O) groups excluding carboxylic acids is 5. The zero-order chi connectivity index (χ0) is 41.9. The second-order valence-corrected chi connectivity index (χ2v) is 16.7. The second kappa shape index (κ2) is 19.8. The Morgan fingerprint density at radius 2 is 1.53 bits per heavy atom. The van der Waals surface area contributed by atoms with Crippen molar-refractivity contribution >= 4 is 40.5 Å². The highest BCUT2D eigenvalue weighted by Gasteiger charge is 2.41.